The first kappa shape index (κ1) is 15.9. The van der Waals surface area contributed by atoms with Gasteiger partial charge < -0.3 is 15.0 Å². The molecular formula is C17H18FN5O2. The third kappa shape index (κ3) is 2.93. The number of hydrogen-bond acceptors (Lipinski definition) is 6. The van der Waals surface area contributed by atoms with Crippen molar-refractivity contribution in [2.45, 2.75) is 6.54 Å². The van der Waals surface area contributed by atoms with E-state index in [2.05, 4.69) is 20.3 Å². The number of carbonyl (C=O) groups excluding carboxylic acids is 1. The van der Waals surface area contributed by atoms with Gasteiger partial charge in [0, 0.05) is 37.9 Å². The molecule has 2 aliphatic heterocycles. The monoisotopic (exact) mass is 343 g/mol. The van der Waals surface area contributed by atoms with E-state index in [9.17, 15) is 9.18 Å². The quantitative estimate of drug-likeness (QED) is 0.884. The summed E-state index contributed by atoms with van der Waals surface area (Å²) in [6.45, 7) is 2.40. The Bertz CT molecular complexity index is 757. The van der Waals surface area contributed by atoms with Gasteiger partial charge >= 0.3 is 0 Å². The van der Waals surface area contributed by atoms with Crippen LogP contribution in [0.2, 0.25) is 0 Å². The molecule has 7 nitrogen and oxygen atoms in total. The molecule has 2 aliphatic rings. The standard InChI is InChI=1S/C17H18FN5O2/c18-14-6-21-16(22-7-14)23-8-13-9-25-11-17(13,10-23)15(24)20-5-12-2-1-3-19-4-12/h1-4,6-7,13H,5,8-11H2,(H,20,24)/t13-,17-/m1/s1. The van der Waals surface area contributed by atoms with Crippen LogP contribution in [-0.2, 0) is 16.1 Å². The lowest BCUT2D eigenvalue weighted by Gasteiger charge is -2.25. The van der Waals surface area contributed by atoms with Gasteiger partial charge in [-0.3, -0.25) is 9.78 Å². The highest BCUT2D eigenvalue weighted by atomic mass is 19.1. The molecule has 0 saturated carbocycles. The number of amides is 1. The number of anilines is 1. The predicted octanol–water partition coefficient (Wildman–Crippen LogP) is 0.780. The minimum atomic E-state index is -0.625. The summed E-state index contributed by atoms with van der Waals surface area (Å²) >= 11 is 0. The van der Waals surface area contributed by atoms with E-state index in [-0.39, 0.29) is 11.8 Å². The lowest BCUT2D eigenvalue weighted by Crippen LogP contribution is -2.46. The van der Waals surface area contributed by atoms with Crippen LogP contribution >= 0.6 is 0 Å². The molecule has 2 fully saturated rings. The molecule has 0 radical (unpaired) electrons. The molecule has 1 N–H and O–H groups in total. The van der Waals surface area contributed by atoms with Crippen molar-refractivity contribution in [2.75, 3.05) is 31.2 Å². The molecule has 25 heavy (non-hydrogen) atoms. The number of hydrogen-bond donors (Lipinski definition) is 1. The molecule has 0 aromatic carbocycles. The minimum Gasteiger partial charge on any atom is -0.380 e. The van der Waals surface area contributed by atoms with Gasteiger partial charge in [0.05, 0.1) is 31.0 Å². The summed E-state index contributed by atoms with van der Waals surface area (Å²) in [5.74, 6) is -0.0100. The zero-order chi connectivity index (χ0) is 17.3. The molecule has 2 atom stereocenters. The second-order valence-electron chi connectivity index (χ2n) is 6.49. The van der Waals surface area contributed by atoms with Gasteiger partial charge in [-0.1, -0.05) is 6.07 Å². The van der Waals surface area contributed by atoms with Crippen molar-refractivity contribution in [3.8, 4) is 0 Å². The van der Waals surface area contributed by atoms with Crippen molar-refractivity contribution in [1.82, 2.24) is 20.3 Å². The van der Waals surface area contributed by atoms with Crippen LogP contribution in [0.15, 0.2) is 36.9 Å². The summed E-state index contributed by atoms with van der Waals surface area (Å²) in [7, 11) is 0. The Morgan fingerprint density at radius 1 is 1.40 bits per heavy atom. The maximum atomic E-state index is 13.0. The summed E-state index contributed by atoms with van der Waals surface area (Å²) in [4.78, 5) is 27.0. The number of fused-ring (bicyclic) bond motifs is 1. The Morgan fingerprint density at radius 2 is 2.24 bits per heavy atom. The van der Waals surface area contributed by atoms with Crippen LogP contribution in [0.5, 0.6) is 0 Å². The van der Waals surface area contributed by atoms with E-state index in [1.807, 2.05) is 17.0 Å². The van der Waals surface area contributed by atoms with Crippen LogP contribution in [0.3, 0.4) is 0 Å². The van der Waals surface area contributed by atoms with Gasteiger partial charge in [-0.05, 0) is 11.6 Å². The lowest BCUT2D eigenvalue weighted by molar-refractivity contribution is -0.131. The average Bonchev–Trinajstić information content (AvgIpc) is 3.19. The van der Waals surface area contributed by atoms with Crippen LogP contribution in [0.1, 0.15) is 5.56 Å². The SMILES string of the molecule is O=C(NCc1cccnc1)[C@]12COC[C@H]1CN(c1ncc(F)cn1)C2. The fraction of sp³-hybridized carbons (Fsp3) is 0.412. The zero-order valence-corrected chi connectivity index (χ0v) is 13.6. The van der Waals surface area contributed by atoms with Crippen molar-refractivity contribution in [2.24, 2.45) is 11.3 Å². The third-order valence-electron chi connectivity index (χ3n) is 4.89. The first-order chi connectivity index (χ1) is 12.2. The van der Waals surface area contributed by atoms with Gasteiger partial charge in [-0.2, -0.15) is 0 Å². The molecule has 2 saturated heterocycles. The van der Waals surface area contributed by atoms with E-state index >= 15 is 0 Å². The first-order valence-electron chi connectivity index (χ1n) is 8.15. The van der Waals surface area contributed by atoms with Crippen LogP contribution in [-0.4, -0.2) is 47.2 Å². The average molecular weight is 343 g/mol. The van der Waals surface area contributed by atoms with Crippen LogP contribution < -0.4 is 10.2 Å². The number of halogens is 1. The van der Waals surface area contributed by atoms with E-state index in [0.717, 1.165) is 18.0 Å². The molecule has 0 aliphatic carbocycles. The van der Waals surface area contributed by atoms with Crippen LogP contribution in [0, 0.1) is 17.2 Å². The molecular weight excluding hydrogens is 325 g/mol. The summed E-state index contributed by atoms with van der Waals surface area (Å²) in [6.07, 6.45) is 5.71. The molecule has 4 heterocycles. The van der Waals surface area contributed by atoms with E-state index < -0.39 is 11.2 Å². The summed E-state index contributed by atoms with van der Waals surface area (Å²) in [6, 6.07) is 3.76. The Hall–Kier alpha value is -2.61. The number of aromatic nitrogens is 3. The van der Waals surface area contributed by atoms with Gasteiger partial charge in [0.25, 0.3) is 0 Å². The Morgan fingerprint density at radius 3 is 3.00 bits per heavy atom. The highest BCUT2D eigenvalue weighted by molar-refractivity contribution is 5.85. The third-order valence-corrected chi connectivity index (χ3v) is 4.89. The number of pyridine rings is 1. The Balaban J connectivity index is 1.48. The molecule has 2 aromatic heterocycles. The normalized spacial score (nSPS) is 25.0. The lowest BCUT2D eigenvalue weighted by atomic mass is 9.80. The molecule has 0 unspecified atom stereocenters. The number of nitrogens with one attached hydrogen (secondary N) is 1. The maximum Gasteiger partial charge on any atom is 0.231 e. The fourth-order valence-corrected chi connectivity index (χ4v) is 3.54. The number of nitrogens with zero attached hydrogens (tertiary/aromatic N) is 4. The highest BCUT2D eigenvalue weighted by Gasteiger charge is 2.56. The number of carbonyl (C=O) groups is 1. The Kier molecular flexibility index (Phi) is 4.04. The van der Waals surface area contributed by atoms with Gasteiger partial charge in [-0.25, -0.2) is 14.4 Å². The number of ether oxygens (including phenoxy) is 1. The van der Waals surface area contributed by atoms with Crippen molar-refractivity contribution in [3.05, 3.63) is 48.3 Å². The molecule has 4 rings (SSSR count). The van der Waals surface area contributed by atoms with Crippen molar-refractivity contribution >= 4 is 11.9 Å². The molecule has 0 bridgehead atoms. The minimum absolute atomic E-state index is 0.0385. The van der Waals surface area contributed by atoms with E-state index in [4.69, 9.17) is 4.74 Å². The van der Waals surface area contributed by atoms with Crippen molar-refractivity contribution < 1.29 is 13.9 Å². The van der Waals surface area contributed by atoms with Gasteiger partial charge in [0.1, 0.15) is 0 Å². The maximum absolute atomic E-state index is 13.0. The second-order valence-corrected chi connectivity index (χ2v) is 6.49. The molecule has 130 valence electrons. The zero-order valence-electron chi connectivity index (χ0n) is 13.6. The topological polar surface area (TPSA) is 80.2 Å². The van der Waals surface area contributed by atoms with Gasteiger partial charge in [0.2, 0.25) is 11.9 Å². The molecule has 0 spiro atoms. The molecule has 2 aromatic rings. The Labute approximate surface area is 144 Å². The summed E-state index contributed by atoms with van der Waals surface area (Å²) < 4.78 is 18.6. The van der Waals surface area contributed by atoms with E-state index in [1.165, 1.54) is 0 Å². The fourth-order valence-electron chi connectivity index (χ4n) is 3.54. The second kappa shape index (κ2) is 6.36. The van der Waals surface area contributed by atoms with E-state index in [1.54, 1.807) is 12.4 Å². The number of rotatable bonds is 4. The summed E-state index contributed by atoms with van der Waals surface area (Å²) in [5, 5.41) is 3.00. The predicted molar refractivity (Wildman–Crippen MR) is 87.0 cm³/mol. The van der Waals surface area contributed by atoms with Gasteiger partial charge in [-0.15, -0.1) is 0 Å². The van der Waals surface area contributed by atoms with Crippen LogP contribution in [0.25, 0.3) is 0 Å². The molecule has 8 heteroatoms. The van der Waals surface area contributed by atoms with Crippen LogP contribution in [0.4, 0.5) is 10.3 Å². The summed E-state index contributed by atoms with van der Waals surface area (Å²) in [5.41, 5.74) is 0.319. The molecule has 1 amide bonds. The van der Waals surface area contributed by atoms with Crippen molar-refractivity contribution in [1.29, 1.82) is 0 Å². The largest absolute Gasteiger partial charge is 0.380 e. The highest BCUT2D eigenvalue weighted by Crippen LogP contribution is 2.42. The van der Waals surface area contributed by atoms with Crippen molar-refractivity contribution in [3.63, 3.8) is 0 Å². The van der Waals surface area contributed by atoms with Gasteiger partial charge in [0.15, 0.2) is 5.82 Å². The van der Waals surface area contributed by atoms with E-state index in [0.29, 0.717) is 38.8 Å². The first-order valence-corrected chi connectivity index (χ1v) is 8.15. The smallest absolute Gasteiger partial charge is 0.231 e.